The van der Waals surface area contributed by atoms with E-state index in [2.05, 4.69) is 5.32 Å². The van der Waals surface area contributed by atoms with Crippen LogP contribution in [0.3, 0.4) is 0 Å². The Hall–Kier alpha value is -5.58. The normalized spacial score (nSPS) is 12.3. The molecule has 0 aliphatic carbocycles. The van der Waals surface area contributed by atoms with E-state index in [0.29, 0.717) is 34.6 Å². The van der Waals surface area contributed by atoms with E-state index in [4.69, 9.17) is 18.9 Å². The van der Waals surface area contributed by atoms with Gasteiger partial charge in [-0.2, -0.15) is 0 Å². The molecular formula is C42H51N3O8. The van der Waals surface area contributed by atoms with Crippen molar-refractivity contribution in [2.75, 3.05) is 25.7 Å². The smallest absolute Gasteiger partial charge is 0.419 e. The highest BCUT2D eigenvalue weighted by atomic mass is 16.6. The number of hydrogen-bond donors (Lipinski definition) is 1. The van der Waals surface area contributed by atoms with Crippen LogP contribution in [0.15, 0.2) is 78.9 Å². The van der Waals surface area contributed by atoms with Crippen LogP contribution in [-0.4, -0.2) is 66.6 Å². The molecule has 2 amide bonds. The molecule has 3 aromatic carbocycles. The van der Waals surface area contributed by atoms with Crippen molar-refractivity contribution in [1.29, 1.82) is 0 Å². The fourth-order valence-electron chi connectivity index (χ4n) is 5.79. The van der Waals surface area contributed by atoms with E-state index in [1.165, 1.54) is 9.47 Å². The van der Waals surface area contributed by atoms with Gasteiger partial charge in [0.15, 0.2) is 0 Å². The third kappa shape index (κ3) is 11.2. The number of hydrogen-bond acceptors (Lipinski definition) is 8. The summed E-state index contributed by atoms with van der Waals surface area (Å²) >= 11 is 0. The zero-order valence-electron chi connectivity index (χ0n) is 32.1. The van der Waals surface area contributed by atoms with Gasteiger partial charge in [0.2, 0.25) is 5.91 Å². The number of rotatable bonds is 12. The maximum Gasteiger partial charge on any atom is 0.419 e. The van der Waals surface area contributed by atoms with Crippen molar-refractivity contribution in [2.24, 2.45) is 0 Å². The number of benzene rings is 3. The number of esters is 1. The summed E-state index contributed by atoms with van der Waals surface area (Å²) in [6.07, 6.45) is 3.13. The molecule has 1 unspecified atom stereocenters. The molecule has 4 aromatic rings. The molecule has 0 aliphatic heterocycles. The van der Waals surface area contributed by atoms with Gasteiger partial charge in [-0.3, -0.25) is 9.59 Å². The highest BCUT2D eigenvalue weighted by molar-refractivity contribution is 5.99. The highest BCUT2D eigenvalue weighted by Crippen LogP contribution is 2.30. The average Bonchev–Trinajstić information content (AvgIpc) is 3.38. The van der Waals surface area contributed by atoms with Crippen molar-refractivity contribution in [3.8, 4) is 5.75 Å². The molecule has 0 spiro atoms. The molecule has 0 radical (unpaired) electrons. The maximum atomic E-state index is 13.9. The number of carbonyl (C=O) groups excluding carboxylic acids is 4. The van der Waals surface area contributed by atoms with Crippen molar-refractivity contribution < 1.29 is 38.1 Å². The molecule has 1 aromatic heterocycles. The third-order valence-corrected chi connectivity index (χ3v) is 8.06. The first-order valence-electron chi connectivity index (χ1n) is 17.7. The molecule has 0 saturated carbocycles. The van der Waals surface area contributed by atoms with Crippen LogP contribution in [0, 0.1) is 0 Å². The SMILES string of the molecule is CCOC(=O)Cc1c(/C=C\Cc2cccc(CC(NC(=O)OC(C)(C)C)C(=O)N(C)c3ccc(OC)cc3)c2)n(C(=O)OC(C)(C)C)c2ccccc12. The van der Waals surface area contributed by atoms with Crippen molar-refractivity contribution >= 4 is 46.7 Å². The summed E-state index contributed by atoms with van der Waals surface area (Å²) in [5.41, 5.74) is 2.69. The van der Waals surface area contributed by atoms with Crippen LogP contribution in [0.1, 0.15) is 70.9 Å². The largest absolute Gasteiger partial charge is 0.497 e. The number of fused-ring (bicyclic) bond motifs is 1. The Labute approximate surface area is 311 Å². The Kier molecular flexibility index (Phi) is 13.1. The van der Waals surface area contributed by atoms with Gasteiger partial charge in [-0.15, -0.1) is 0 Å². The Balaban J connectivity index is 1.64. The van der Waals surface area contributed by atoms with E-state index >= 15 is 0 Å². The number of amides is 2. The van der Waals surface area contributed by atoms with Crippen LogP contribution >= 0.6 is 0 Å². The number of alkyl carbamates (subject to hydrolysis) is 1. The van der Waals surface area contributed by atoms with Gasteiger partial charge in [0, 0.05) is 24.5 Å². The molecular weight excluding hydrogens is 674 g/mol. The highest BCUT2D eigenvalue weighted by Gasteiger charge is 2.29. The third-order valence-electron chi connectivity index (χ3n) is 8.06. The van der Waals surface area contributed by atoms with Gasteiger partial charge in [0.05, 0.1) is 31.3 Å². The van der Waals surface area contributed by atoms with Crippen molar-refractivity contribution in [1.82, 2.24) is 9.88 Å². The first kappa shape index (κ1) is 40.2. The van der Waals surface area contributed by atoms with E-state index in [-0.39, 0.29) is 25.4 Å². The Morgan fingerprint density at radius 1 is 0.868 bits per heavy atom. The summed E-state index contributed by atoms with van der Waals surface area (Å²) in [6, 6.07) is 21.3. The number of para-hydroxylation sites is 1. The van der Waals surface area contributed by atoms with Crippen LogP contribution in [-0.2, 0) is 43.1 Å². The quantitative estimate of drug-likeness (QED) is 0.116. The Morgan fingerprint density at radius 3 is 2.17 bits per heavy atom. The molecule has 11 heteroatoms. The number of nitrogens with one attached hydrogen (secondary N) is 1. The second-order valence-corrected chi connectivity index (χ2v) is 14.6. The molecule has 1 heterocycles. The van der Waals surface area contributed by atoms with Crippen LogP contribution in [0.2, 0.25) is 0 Å². The lowest BCUT2D eigenvalue weighted by atomic mass is 10.0. The Bertz CT molecular complexity index is 1950. The van der Waals surface area contributed by atoms with Gasteiger partial charge >= 0.3 is 18.2 Å². The minimum absolute atomic E-state index is 0.0235. The zero-order valence-corrected chi connectivity index (χ0v) is 32.1. The van der Waals surface area contributed by atoms with Gasteiger partial charge in [0.1, 0.15) is 23.0 Å². The van der Waals surface area contributed by atoms with E-state index in [1.54, 1.807) is 86.9 Å². The minimum Gasteiger partial charge on any atom is -0.497 e. The van der Waals surface area contributed by atoms with E-state index in [0.717, 1.165) is 16.5 Å². The van der Waals surface area contributed by atoms with E-state index < -0.39 is 35.4 Å². The molecule has 53 heavy (non-hydrogen) atoms. The molecule has 0 aliphatic rings. The van der Waals surface area contributed by atoms with E-state index in [1.807, 2.05) is 60.7 Å². The number of ether oxygens (including phenoxy) is 4. The summed E-state index contributed by atoms with van der Waals surface area (Å²) in [7, 11) is 3.23. The first-order valence-corrected chi connectivity index (χ1v) is 17.7. The molecule has 282 valence electrons. The van der Waals surface area contributed by atoms with Gasteiger partial charge in [-0.1, -0.05) is 48.5 Å². The lowest BCUT2D eigenvalue weighted by Gasteiger charge is -2.27. The molecule has 0 bridgehead atoms. The second kappa shape index (κ2) is 17.3. The fraction of sp³-hybridized carbons (Fsp3) is 0.381. The van der Waals surface area contributed by atoms with Crippen molar-refractivity contribution in [2.45, 2.75) is 85.0 Å². The number of allylic oxidation sites excluding steroid dienone is 1. The minimum atomic E-state index is -0.933. The summed E-state index contributed by atoms with van der Waals surface area (Å²) in [6.45, 7) is 12.7. The number of methoxy groups -OCH3 is 1. The molecule has 4 rings (SSSR count). The van der Waals surface area contributed by atoms with Gasteiger partial charge < -0.3 is 29.2 Å². The lowest BCUT2D eigenvalue weighted by molar-refractivity contribution is -0.142. The maximum absolute atomic E-state index is 13.9. The standard InChI is InChI=1S/C42H51N3O8/c1-10-51-37(46)27-33-32-18-11-12-19-35(32)45(40(49)53-42(5,6)7)36(33)20-14-16-28-15-13-17-29(25-28)26-34(43-39(48)52-41(2,3)4)38(47)44(8)30-21-23-31(50-9)24-22-30/h11-15,17-25,34H,10,16,26-27H2,1-9H3,(H,43,48)/b20-14-. The monoisotopic (exact) mass is 725 g/mol. The first-order chi connectivity index (χ1) is 25.0. The zero-order chi connectivity index (χ0) is 38.9. The summed E-state index contributed by atoms with van der Waals surface area (Å²) < 4.78 is 23.3. The molecule has 1 N–H and O–H groups in total. The number of likely N-dealkylation sites (N-methyl/N-ethyl adjacent to an activating group) is 1. The average molecular weight is 726 g/mol. The van der Waals surface area contributed by atoms with Crippen LogP contribution in [0.4, 0.5) is 15.3 Å². The van der Waals surface area contributed by atoms with Crippen LogP contribution in [0.25, 0.3) is 17.0 Å². The second-order valence-electron chi connectivity index (χ2n) is 14.6. The number of carbonyl (C=O) groups is 4. The lowest BCUT2D eigenvalue weighted by Crippen LogP contribution is -2.50. The summed E-state index contributed by atoms with van der Waals surface area (Å²) in [5, 5.41) is 3.53. The van der Waals surface area contributed by atoms with E-state index in [9.17, 15) is 19.2 Å². The molecule has 0 fully saturated rings. The van der Waals surface area contributed by atoms with Crippen LogP contribution in [0.5, 0.6) is 5.75 Å². The summed E-state index contributed by atoms with van der Waals surface area (Å²) in [5.74, 6) is -0.0653. The molecule has 1 atom stereocenters. The van der Waals surface area contributed by atoms with Gasteiger partial charge in [0.25, 0.3) is 0 Å². The van der Waals surface area contributed by atoms with Gasteiger partial charge in [-0.05, 0) is 108 Å². The van der Waals surface area contributed by atoms with Crippen molar-refractivity contribution in [3.63, 3.8) is 0 Å². The summed E-state index contributed by atoms with van der Waals surface area (Å²) in [4.78, 5) is 54.6. The predicted molar refractivity (Wildman–Crippen MR) is 206 cm³/mol. The number of nitrogens with zero attached hydrogens (tertiary/aromatic N) is 2. The fourth-order valence-corrected chi connectivity index (χ4v) is 5.79. The molecule has 0 saturated heterocycles. The number of anilines is 1. The van der Waals surface area contributed by atoms with Gasteiger partial charge in [-0.25, -0.2) is 14.2 Å². The van der Waals surface area contributed by atoms with Crippen LogP contribution < -0.4 is 15.0 Å². The predicted octanol–water partition coefficient (Wildman–Crippen LogP) is 7.89. The topological polar surface area (TPSA) is 125 Å². The Morgan fingerprint density at radius 2 is 1.53 bits per heavy atom. The van der Waals surface area contributed by atoms with Crippen molar-refractivity contribution in [3.05, 3.63) is 101 Å². The number of aromatic nitrogens is 1. The molecule has 11 nitrogen and oxygen atoms in total.